The van der Waals surface area contributed by atoms with Crippen LogP contribution in [0.1, 0.15) is 46.3 Å². The number of sulfonamides is 1. The maximum absolute atomic E-state index is 13.2. The monoisotopic (exact) mass is 443 g/mol. The molecule has 164 valence electrons. The Morgan fingerprint density at radius 1 is 1.29 bits per heavy atom. The summed E-state index contributed by atoms with van der Waals surface area (Å²) in [5.74, 6) is -0.121. The first-order chi connectivity index (χ1) is 14.7. The molecule has 2 aromatic carbocycles. The first-order valence-corrected chi connectivity index (χ1v) is 11.8. The van der Waals surface area contributed by atoms with Gasteiger partial charge in [0.1, 0.15) is 23.9 Å². The van der Waals surface area contributed by atoms with E-state index in [2.05, 4.69) is 4.40 Å². The van der Waals surface area contributed by atoms with Gasteiger partial charge in [-0.2, -0.15) is 0 Å². The number of nitrogens with two attached hydrogens (primary N) is 1. The van der Waals surface area contributed by atoms with Crippen molar-refractivity contribution in [3.05, 3.63) is 58.7 Å². The molecule has 0 bridgehead atoms. The van der Waals surface area contributed by atoms with Crippen LogP contribution in [0, 0.1) is 6.92 Å². The number of carbonyl (C=O) groups is 1. The number of phenolic OH excluding ortho intramolecular Hbond substituents is 1. The molecule has 2 aromatic rings. The Balaban J connectivity index is 1.56. The molecular weight excluding hydrogens is 418 g/mol. The predicted molar refractivity (Wildman–Crippen MR) is 117 cm³/mol. The van der Waals surface area contributed by atoms with Crippen LogP contribution in [0.4, 0.5) is 0 Å². The van der Waals surface area contributed by atoms with Crippen molar-refractivity contribution >= 4 is 21.8 Å². The van der Waals surface area contributed by atoms with E-state index in [0.29, 0.717) is 23.4 Å². The van der Waals surface area contributed by atoms with Crippen LogP contribution in [-0.4, -0.2) is 49.4 Å². The van der Waals surface area contributed by atoms with Crippen LogP contribution in [0.2, 0.25) is 0 Å². The Morgan fingerprint density at radius 2 is 2.10 bits per heavy atom. The maximum Gasteiger partial charge on any atom is 0.259 e. The molecule has 8 nitrogen and oxygen atoms in total. The summed E-state index contributed by atoms with van der Waals surface area (Å²) in [4.78, 5) is 14.9. The Bertz CT molecular complexity index is 1160. The van der Waals surface area contributed by atoms with E-state index in [4.69, 9.17) is 10.5 Å². The molecule has 31 heavy (non-hydrogen) atoms. The van der Waals surface area contributed by atoms with Gasteiger partial charge in [0.15, 0.2) is 0 Å². The molecule has 0 unspecified atom stereocenters. The highest BCUT2D eigenvalue weighted by Gasteiger charge is 2.31. The van der Waals surface area contributed by atoms with E-state index in [9.17, 15) is 18.3 Å². The Kier molecular flexibility index (Phi) is 5.62. The number of aryl methyl sites for hydroxylation is 1. The standard InChI is InChI=1S/C22H25N3O5S/c1-14-8-9-18(26)17(11-14)22(27)25-10-3-2-6-16(25)12-30-19-7-4-5-15-13-31(28,29)24-21(23)20(15)19/h4-5,7-9,11,16,26H,2-3,6,10,12-13H2,1H3,(H2,23,24)/t16-/m1/s1. The fourth-order valence-corrected chi connectivity index (χ4v) is 5.22. The lowest BCUT2D eigenvalue weighted by Gasteiger charge is -2.36. The molecule has 1 saturated heterocycles. The lowest BCUT2D eigenvalue weighted by molar-refractivity contribution is 0.0525. The molecule has 4 rings (SSSR count). The largest absolute Gasteiger partial charge is 0.507 e. The highest BCUT2D eigenvalue weighted by molar-refractivity contribution is 7.89. The van der Waals surface area contributed by atoms with Gasteiger partial charge in [-0.1, -0.05) is 23.8 Å². The second-order valence-electron chi connectivity index (χ2n) is 7.97. The summed E-state index contributed by atoms with van der Waals surface area (Å²) in [6, 6.07) is 9.94. The van der Waals surface area contributed by atoms with Gasteiger partial charge in [-0.25, -0.2) is 8.42 Å². The number of piperidine rings is 1. The highest BCUT2D eigenvalue weighted by Crippen LogP contribution is 2.30. The smallest absolute Gasteiger partial charge is 0.259 e. The number of likely N-dealkylation sites (tertiary alicyclic amines) is 1. The second kappa shape index (κ2) is 8.22. The Hall–Kier alpha value is -3.07. The Morgan fingerprint density at radius 3 is 2.90 bits per heavy atom. The third-order valence-corrected chi connectivity index (χ3v) is 6.80. The molecule has 9 heteroatoms. The van der Waals surface area contributed by atoms with Gasteiger partial charge >= 0.3 is 0 Å². The maximum atomic E-state index is 13.2. The highest BCUT2D eigenvalue weighted by atomic mass is 32.2. The van der Waals surface area contributed by atoms with Crippen LogP contribution >= 0.6 is 0 Å². The molecule has 3 N–H and O–H groups in total. The summed E-state index contributed by atoms with van der Waals surface area (Å²) >= 11 is 0. The van der Waals surface area contributed by atoms with Crippen molar-refractivity contribution in [3.63, 3.8) is 0 Å². The van der Waals surface area contributed by atoms with E-state index in [1.165, 1.54) is 6.07 Å². The van der Waals surface area contributed by atoms with Crippen LogP contribution in [-0.2, 0) is 15.8 Å². The van der Waals surface area contributed by atoms with Gasteiger partial charge < -0.3 is 20.5 Å². The van der Waals surface area contributed by atoms with Crippen molar-refractivity contribution in [1.29, 1.82) is 0 Å². The summed E-state index contributed by atoms with van der Waals surface area (Å²) in [5.41, 5.74) is 8.13. The number of nitrogens with zero attached hydrogens (tertiary/aromatic N) is 2. The molecule has 2 heterocycles. The number of phenols is 1. The number of aromatic hydroxyl groups is 1. The van der Waals surface area contributed by atoms with Crippen molar-refractivity contribution in [1.82, 2.24) is 4.90 Å². The lowest BCUT2D eigenvalue weighted by atomic mass is 10.0. The van der Waals surface area contributed by atoms with Gasteiger partial charge in [-0.3, -0.25) is 4.79 Å². The van der Waals surface area contributed by atoms with Gasteiger partial charge in [0.05, 0.1) is 22.9 Å². The van der Waals surface area contributed by atoms with Gasteiger partial charge in [-0.15, -0.1) is 4.40 Å². The summed E-state index contributed by atoms with van der Waals surface area (Å²) in [7, 11) is -3.62. The van der Waals surface area contributed by atoms with E-state index in [1.54, 1.807) is 35.2 Å². The molecule has 1 amide bonds. The quantitative estimate of drug-likeness (QED) is 0.748. The summed E-state index contributed by atoms with van der Waals surface area (Å²) in [6.45, 7) is 2.68. The van der Waals surface area contributed by atoms with E-state index < -0.39 is 10.0 Å². The first-order valence-electron chi connectivity index (χ1n) is 10.2. The van der Waals surface area contributed by atoms with Crippen molar-refractivity contribution in [2.45, 2.75) is 38.0 Å². The van der Waals surface area contributed by atoms with Crippen LogP contribution < -0.4 is 10.5 Å². The fraction of sp³-hybridized carbons (Fsp3) is 0.364. The molecule has 0 aliphatic carbocycles. The molecule has 2 aliphatic heterocycles. The molecule has 1 fully saturated rings. The Labute approximate surface area is 181 Å². The molecule has 0 saturated carbocycles. The van der Waals surface area contributed by atoms with Gasteiger partial charge in [0.25, 0.3) is 15.9 Å². The van der Waals surface area contributed by atoms with Crippen molar-refractivity contribution in [2.75, 3.05) is 13.2 Å². The number of hydrogen-bond donors (Lipinski definition) is 2. The normalized spacial score (nSPS) is 20.0. The van der Waals surface area contributed by atoms with Crippen molar-refractivity contribution in [2.24, 2.45) is 10.1 Å². The number of fused-ring (bicyclic) bond motifs is 1. The summed E-state index contributed by atoms with van der Waals surface area (Å²) < 4.78 is 33.4. The predicted octanol–water partition coefficient (Wildman–Crippen LogP) is 2.32. The number of carbonyl (C=O) groups excluding carboxylic acids is 1. The van der Waals surface area contributed by atoms with E-state index in [0.717, 1.165) is 24.8 Å². The third kappa shape index (κ3) is 4.36. The van der Waals surface area contributed by atoms with Crippen LogP contribution in [0.3, 0.4) is 0 Å². The zero-order chi connectivity index (χ0) is 22.2. The number of amidine groups is 1. The van der Waals surface area contributed by atoms with Crippen LogP contribution in [0.5, 0.6) is 11.5 Å². The minimum atomic E-state index is -3.62. The minimum Gasteiger partial charge on any atom is -0.507 e. The number of amides is 1. The molecule has 0 aromatic heterocycles. The van der Waals surface area contributed by atoms with Gasteiger partial charge in [-0.05, 0) is 49.9 Å². The SMILES string of the molecule is Cc1ccc(O)c(C(=O)N2CCCC[C@@H]2COc2cccc3c2C(N)=NS(=O)(=O)C3)c1. The first kappa shape index (κ1) is 21.2. The number of hydrogen-bond acceptors (Lipinski definition) is 6. The second-order valence-corrected chi connectivity index (χ2v) is 9.61. The van der Waals surface area contributed by atoms with Crippen LogP contribution in [0.25, 0.3) is 0 Å². The number of rotatable bonds is 4. The zero-order valence-corrected chi connectivity index (χ0v) is 18.1. The van der Waals surface area contributed by atoms with Gasteiger partial charge in [0, 0.05) is 6.54 Å². The van der Waals surface area contributed by atoms with E-state index >= 15 is 0 Å². The van der Waals surface area contributed by atoms with Gasteiger partial charge in [0.2, 0.25) is 0 Å². The zero-order valence-electron chi connectivity index (χ0n) is 17.2. The minimum absolute atomic E-state index is 0.0387. The molecule has 0 radical (unpaired) electrons. The van der Waals surface area contributed by atoms with Crippen molar-refractivity contribution < 1.29 is 23.1 Å². The average molecular weight is 444 g/mol. The molecular formula is C22H25N3O5S. The lowest BCUT2D eigenvalue weighted by Crippen LogP contribution is -2.46. The van der Waals surface area contributed by atoms with Crippen molar-refractivity contribution in [3.8, 4) is 11.5 Å². The van der Waals surface area contributed by atoms with E-state index in [-0.39, 0.29) is 41.5 Å². The van der Waals surface area contributed by atoms with E-state index in [1.807, 2.05) is 6.92 Å². The summed E-state index contributed by atoms with van der Waals surface area (Å²) in [6.07, 6.45) is 2.62. The average Bonchev–Trinajstić information content (AvgIpc) is 2.72. The molecule has 0 spiro atoms. The fourth-order valence-electron chi connectivity index (χ4n) is 4.14. The van der Waals surface area contributed by atoms with Crippen LogP contribution in [0.15, 0.2) is 40.8 Å². The number of benzene rings is 2. The topological polar surface area (TPSA) is 122 Å². The number of ether oxygens (including phenoxy) is 1. The third-order valence-electron chi connectivity index (χ3n) is 5.65. The summed E-state index contributed by atoms with van der Waals surface area (Å²) in [5, 5.41) is 10.2. The molecule has 1 atom stereocenters. The molecule has 2 aliphatic rings.